The van der Waals surface area contributed by atoms with E-state index in [2.05, 4.69) is 0 Å². The molecule has 0 spiro atoms. The number of benzene rings is 1. The number of carbonyl (C=O) groups excluding carboxylic acids is 2. The van der Waals surface area contributed by atoms with E-state index in [1.807, 2.05) is 13.8 Å². The van der Waals surface area contributed by atoms with E-state index in [1.165, 1.54) is 6.07 Å². The molecular weight excluding hydrogens is 367 g/mol. The summed E-state index contributed by atoms with van der Waals surface area (Å²) >= 11 is 0. The van der Waals surface area contributed by atoms with Crippen molar-refractivity contribution in [2.75, 3.05) is 13.2 Å². The number of ether oxygens (including phenoxy) is 2. The van der Waals surface area contributed by atoms with Crippen molar-refractivity contribution in [3.63, 3.8) is 0 Å². The van der Waals surface area contributed by atoms with Crippen molar-refractivity contribution in [3.8, 4) is 0 Å². The van der Waals surface area contributed by atoms with Crippen LogP contribution in [0.15, 0.2) is 23.1 Å². The molecule has 0 aliphatic carbocycles. The Morgan fingerprint density at radius 3 is 1.93 bits per heavy atom. The molecule has 148 valence electrons. The molecule has 0 radical (unpaired) electrons. The molecule has 0 unspecified atom stereocenters. The van der Waals surface area contributed by atoms with Crippen LogP contribution in [-0.2, 0) is 19.6 Å². The molecule has 9 heteroatoms. The monoisotopic (exact) mass is 394 g/mol. The van der Waals surface area contributed by atoms with Crippen molar-refractivity contribution in [2.45, 2.75) is 57.3 Å². The predicted molar refractivity (Wildman–Crippen MR) is 103 cm³/mol. The normalized spacial score (nSPS) is 10.8. The molecule has 0 heterocycles. The standard InChI is InChI=1S/C18H26O7S.Li.H/c1-3-5-7-11-24-17(19)14-9-10-15(16(13-14)26(21,22)23)18(20)25-12-8-6-4-2;;/h9-10,13H,3-8,11-12H2,1-2H3,(H,21,22,23);;. The molecule has 1 N–H and O–H groups in total. The average molecular weight is 394 g/mol. The van der Waals surface area contributed by atoms with Crippen molar-refractivity contribution in [3.05, 3.63) is 29.3 Å². The zero-order chi connectivity index (χ0) is 19.6. The molecule has 1 aromatic rings. The van der Waals surface area contributed by atoms with Crippen LogP contribution in [0.2, 0.25) is 0 Å². The minimum atomic E-state index is -4.71. The molecule has 1 rings (SSSR count). The summed E-state index contributed by atoms with van der Waals surface area (Å²) in [4.78, 5) is 23.4. The Morgan fingerprint density at radius 2 is 1.44 bits per heavy atom. The summed E-state index contributed by atoms with van der Waals surface area (Å²) in [6, 6.07) is 3.35. The van der Waals surface area contributed by atoms with Crippen LogP contribution in [0.4, 0.5) is 0 Å². The Balaban J connectivity index is 0.00000676. The SMILES string of the molecule is CCCCCOC(=O)c1ccc(C(=O)OCCCCC)c(S(=O)(=O)O)c1.[LiH]. The molecule has 0 bridgehead atoms. The van der Waals surface area contributed by atoms with Crippen LogP contribution in [-0.4, -0.2) is 57.0 Å². The summed E-state index contributed by atoms with van der Waals surface area (Å²) in [5.41, 5.74) is -0.372. The van der Waals surface area contributed by atoms with Crippen molar-refractivity contribution < 1.29 is 32.0 Å². The molecule has 0 aliphatic rings. The number of hydrogen-bond donors (Lipinski definition) is 1. The number of hydrogen-bond acceptors (Lipinski definition) is 6. The van der Waals surface area contributed by atoms with Crippen molar-refractivity contribution >= 4 is 40.9 Å². The van der Waals surface area contributed by atoms with Gasteiger partial charge in [0.2, 0.25) is 0 Å². The average Bonchev–Trinajstić information content (AvgIpc) is 2.60. The van der Waals surface area contributed by atoms with Gasteiger partial charge < -0.3 is 9.47 Å². The fourth-order valence-corrected chi connectivity index (χ4v) is 2.93. The van der Waals surface area contributed by atoms with Crippen LogP contribution < -0.4 is 0 Å². The second kappa shape index (κ2) is 12.9. The summed E-state index contributed by atoms with van der Waals surface area (Å²) < 4.78 is 42.7. The minimum absolute atomic E-state index is 0. The summed E-state index contributed by atoms with van der Waals surface area (Å²) in [5, 5.41) is 0. The van der Waals surface area contributed by atoms with Crippen molar-refractivity contribution in [2.24, 2.45) is 0 Å². The maximum absolute atomic E-state index is 12.1. The molecule has 0 fully saturated rings. The topological polar surface area (TPSA) is 107 Å². The molecule has 1 aromatic carbocycles. The van der Waals surface area contributed by atoms with E-state index in [-0.39, 0.29) is 43.2 Å². The van der Waals surface area contributed by atoms with Gasteiger partial charge in [-0.3, -0.25) is 4.55 Å². The zero-order valence-corrected chi connectivity index (χ0v) is 16.0. The van der Waals surface area contributed by atoms with E-state index in [0.717, 1.165) is 37.8 Å². The molecule has 0 amide bonds. The first-order chi connectivity index (χ1) is 12.3. The van der Waals surface area contributed by atoms with Crippen LogP contribution in [0.3, 0.4) is 0 Å². The first-order valence-electron chi connectivity index (χ1n) is 8.77. The number of carbonyl (C=O) groups is 2. The third-order valence-corrected chi connectivity index (χ3v) is 4.57. The Labute approximate surface area is 172 Å². The van der Waals surface area contributed by atoms with Gasteiger partial charge in [-0.25, -0.2) is 9.59 Å². The van der Waals surface area contributed by atoms with E-state index in [4.69, 9.17) is 9.47 Å². The van der Waals surface area contributed by atoms with E-state index in [1.54, 1.807) is 0 Å². The zero-order valence-electron chi connectivity index (χ0n) is 15.2. The molecule has 27 heavy (non-hydrogen) atoms. The number of esters is 2. The second-order valence-electron chi connectivity index (χ2n) is 5.87. The molecule has 7 nitrogen and oxygen atoms in total. The van der Waals surface area contributed by atoms with Crippen LogP contribution in [0.5, 0.6) is 0 Å². The fourth-order valence-electron chi connectivity index (χ4n) is 2.23. The van der Waals surface area contributed by atoms with Gasteiger partial charge in [0, 0.05) is 0 Å². The van der Waals surface area contributed by atoms with Crippen LogP contribution in [0, 0.1) is 0 Å². The van der Waals surface area contributed by atoms with Gasteiger partial charge in [-0.05, 0) is 31.0 Å². The third kappa shape index (κ3) is 8.93. The van der Waals surface area contributed by atoms with E-state index in [9.17, 15) is 22.6 Å². The van der Waals surface area contributed by atoms with Gasteiger partial charge in [-0.1, -0.05) is 39.5 Å². The summed E-state index contributed by atoms with van der Waals surface area (Å²) in [6.07, 6.45) is 5.07. The van der Waals surface area contributed by atoms with E-state index >= 15 is 0 Å². The number of rotatable bonds is 11. The Hall–Kier alpha value is -1.33. The van der Waals surface area contributed by atoms with E-state index < -0.39 is 27.0 Å². The van der Waals surface area contributed by atoms with E-state index in [0.29, 0.717) is 12.8 Å². The quantitative estimate of drug-likeness (QED) is 0.266. The van der Waals surface area contributed by atoms with Gasteiger partial charge in [0.1, 0.15) is 4.90 Å². The third-order valence-electron chi connectivity index (χ3n) is 3.68. The summed E-state index contributed by atoms with van der Waals surface area (Å²) in [6.45, 7) is 4.38. The Kier molecular flexibility index (Phi) is 12.3. The maximum atomic E-state index is 12.1. The van der Waals surface area contributed by atoms with Gasteiger partial charge >= 0.3 is 30.8 Å². The Morgan fingerprint density at radius 1 is 0.926 bits per heavy atom. The van der Waals surface area contributed by atoms with Crippen LogP contribution in [0.1, 0.15) is 73.1 Å². The van der Waals surface area contributed by atoms with Gasteiger partial charge in [0.05, 0.1) is 24.3 Å². The molecule has 0 aromatic heterocycles. The Bertz CT molecular complexity index is 716. The van der Waals surface area contributed by atoms with Gasteiger partial charge in [-0.2, -0.15) is 8.42 Å². The van der Waals surface area contributed by atoms with Crippen molar-refractivity contribution in [1.29, 1.82) is 0 Å². The fraction of sp³-hybridized carbons (Fsp3) is 0.556. The summed E-state index contributed by atoms with van der Waals surface area (Å²) in [7, 11) is -4.71. The first-order valence-corrected chi connectivity index (χ1v) is 10.2. The van der Waals surface area contributed by atoms with Gasteiger partial charge in [-0.15, -0.1) is 0 Å². The second-order valence-corrected chi connectivity index (χ2v) is 7.26. The van der Waals surface area contributed by atoms with Crippen LogP contribution >= 0.6 is 0 Å². The number of unbranched alkanes of at least 4 members (excludes halogenated alkanes) is 4. The summed E-state index contributed by atoms with van der Waals surface area (Å²) in [5.74, 6) is -1.58. The molecule has 0 atom stereocenters. The van der Waals surface area contributed by atoms with Crippen molar-refractivity contribution in [1.82, 2.24) is 0 Å². The van der Waals surface area contributed by atoms with Gasteiger partial charge in [0.25, 0.3) is 10.1 Å². The molecule has 0 saturated carbocycles. The van der Waals surface area contributed by atoms with Gasteiger partial charge in [0.15, 0.2) is 0 Å². The molecule has 0 aliphatic heterocycles. The molecular formula is C18H27LiO7S. The predicted octanol–water partition coefficient (Wildman–Crippen LogP) is 2.98. The van der Waals surface area contributed by atoms with Crippen LogP contribution in [0.25, 0.3) is 0 Å². The first kappa shape index (κ1) is 25.7. The molecule has 0 saturated heterocycles.